The Bertz CT molecular complexity index is 768. The van der Waals surface area contributed by atoms with Crippen LogP contribution in [0.3, 0.4) is 0 Å². The summed E-state index contributed by atoms with van der Waals surface area (Å²) in [4.78, 5) is 12.4. The van der Waals surface area contributed by atoms with Gasteiger partial charge in [0.2, 0.25) is 0 Å². The highest BCUT2D eigenvalue weighted by molar-refractivity contribution is 6.32. The highest BCUT2D eigenvalue weighted by Crippen LogP contribution is 2.41. The Kier molecular flexibility index (Phi) is 3.89. The van der Waals surface area contributed by atoms with Crippen LogP contribution < -0.4 is 25.0 Å². The molecule has 0 saturated heterocycles. The van der Waals surface area contributed by atoms with E-state index in [2.05, 4.69) is 5.32 Å². The molecule has 23 heavy (non-hydrogen) atoms. The summed E-state index contributed by atoms with van der Waals surface area (Å²) < 4.78 is 10.4. The van der Waals surface area contributed by atoms with Crippen molar-refractivity contribution in [2.45, 2.75) is 0 Å². The standard InChI is InChI=1S/C15H14ClN3O4/c1-22-13-8-14(23-2)12(7-9(13)16)18-15(20)17-10-5-3-4-6-11(10)19(18)21/h3-8,21H,1-2H3,(H,17,20). The first-order chi connectivity index (χ1) is 11.1. The maximum Gasteiger partial charge on any atom is 0.347 e. The van der Waals surface area contributed by atoms with E-state index in [4.69, 9.17) is 21.1 Å². The number of para-hydroxylation sites is 2. The van der Waals surface area contributed by atoms with Crippen LogP contribution in [0.25, 0.3) is 0 Å². The van der Waals surface area contributed by atoms with Crippen molar-refractivity contribution in [1.29, 1.82) is 0 Å². The van der Waals surface area contributed by atoms with Crippen LogP contribution in [0.4, 0.5) is 21.9 Å². The highest BCUT2D eigenvalue weighted by Gasteiger charge is 2.32. The number of methoxy groups -OCH3 is 2. The van der Waals surface area contributed by atoms with E-state index in [0.29, 0.717) is 22.9 Å². The van der Waals surface area contributed by atoms with E-state index >= 15 is 0 Å². The lowest BCUT2D eigenvalue weighted by molar-refractivity contribution is 0.220. The van der Waals surface area contributed by atoms with E-state index in [-0.39, 0.29) is 10.7 Å². The fraction of sp³-hybridized carbons (Fsp3) is 0.133. The third-order valence-corrected chi connectivity index (χ3v) is 3.72. The summed E-state index contributed by atoms with van der Waals surface area (Å²) in [7, 11) is 2.92. The molecule has 7 nitrogen and oxygen atoms in total. The molecule has 2 N–H and O–H groups in total. The van der Waals surface area contributed by atoms with Gasteiger partial charge in [-0.15, -0.1) is 0 Å². The Morgan fingerprint density at radius 1 is 1.09 bits per heavy atom. The smallest absolute Gasteiger partial charge is 0.347 e. The molecule has 0 saturated carbocycles. The Morgan fingerprint density at radius 2 is 1.78 bits per heavy atom. The van der Waals surface area contributed by atoms with Crippen molar-refractivity contribution in [3.05, 3.63) is 41.4 Å². The van der Waals surface area contributed by atoms with E-state index in [0.717, 1.165) is 10.2 Å². The average Bonchev–Trinajstić information content (AvgIpc) is 2.55. The second kappa shape index (κ2) is 5.86. The first-order valence-electron chi connectivity index (χ1n) is 6.67. The number of nitrogens with zero attached hydrogens (tertiary/aromatic N) is 2. The molecule has 0 aliphatic carbocycles. The molecule has 0 bridgehead atoms. The monoisotopic (exact) mass is 335 g/mol. The fourth-order valence-corrected chi connectivity index (χ4v) is 2.57. The summed E-state index contributed by atoms with van der Waals surface area (Å²) in [5, 5.41) is 15.2. The minimum atomic E-state index is -0.550. The number of hydrazine groups is 1. The van der Waals surface area contributed by atoms with Crippen LogP contribution in [0.15, 0.2) is 36.4 Å². The van der Waals surface area contributed by atoms with Gasteiger partial charge in [-0.3, -0.25) is 5.21 Å². The topological polar surface area (TPSA) is 74.3 Å². The molecule has 1 aliphatic rings. The van der Waals surface area contributed by atoms with Gasteiger partial charge < -0.3 is 14.8 Å². The molecule has 0 unspecified atom stereocenters. The zero-order valence-electron chi connectivity index (χ0n) is 12.4. The molecule has 0 radical (unpaired) electrons. The summed E-state index contributed by atoms with van der Waals surface area (Å²) in [6.45, 7) is 0. The van der Waals surface area contributed by atoms with Crippen molar-refractivity contribution in [3.8, 4) is 11.5 Å². The second-order valence-electron chi connectivity index (χ2n) is 4.71. The molecular weight excluding hydrogens is 322 g/mol. The van der Waals surface area contributed by atoms with Crippen molar-refractivity contribution in [1.82, 2.24) is 0 Å². The van der Waals surface area contributed by atoms with Gasteiger partial charge >= 0.3 is 6.03 Å². The number of rotatable bonds is 3. The Hall–Kier alpha value is -2.64. The van der Waals surface area contributed by atoms with Crippen LogP contribution in [0.1, 0.15) is 0 Å². The molecule has 1 aliphatic heterocycles. The SMILES string of the molecule is COc1cc(OC)c(N2C(=O)Nc3ccccc3N2O)cc1Cl. The van der Waals surface area contributed by atoms with Gasteiger partial charge in [0, 0.05) is 6.07 Å². The van der Waals surface area contributed by atoms with Crippen LogP contribution in [-0.4, -0.2) is 25.5 Å². The summed E-state index contributed by atoms with van der Waals surface area (Å²) in [6.07, 6.45) is 0. The summed E-state index contributed by atoms with van der Waals surface area (Å²) >= 11 is 6.13. The summed E-state index contributed by atoms with van der Waals surface area (Å²) in [5.41, 5.74) is 1.18. The number of hydrogen-bond donors (Lipinski definition) is 2. The number of halogens is 1. The summed E-state index contributed by atoms with van der Waals surface area (Å²) in [6, 6.07) is 9.33. The van der Waals surface area contributed by atoms with Crippen LogP contribution in [0.5, 0.6) is 11.5 Å². The summed E-state index contributed by atoms with van der Waals surface area (Å²) in [5.74, 6) is 0.717. The maximum absolute atomic E-state index is 12.4. The minimum Gasteiger partial charge on any atom is -0.495 e. The fourth-order valence-electron chi connectivity index (χ4n) is 2.34. The van der Waals surface area contributed by atoms with Crippen molar-refractivity contribution < 1.29 is 19.5 Å². The molecule has 2 aromatic rings. The van der Waals surface area contributed by atoms with Crippen molar-refractivity contribution in [2.75, 3.05) is 29.7 Å². The first kappa shape index (κ1) is 15.3. The van der Waals surface area contributed by atoms with Crippen LogP contribution in [-0.2, 0) is 0 Å². The zero-order valence-corrected chi connectivity index (χ0v) is 13.2. The molecular formula is C15H14ClN3O4. The van der Waals surface area contributed by atoms with Crippen molar-refractivity contribution in [3.63, 3.8) is 0 Å². The van der Waals surface area contributed by atoms with Gasteiger partial charge in [-0.2, -0.15) is 10.2 Å². The number of carbonyl (C=O) groups excluding carboxylic acids is 1. The number of urea groups is 1. The predicted octanol–water partition coefficient (Wildman–Crippen LogP) is 3.52. The van der Waals surface area contributed by atoms with Gasteiger partial charge in [0.15, 0.2) is 0 Å². The van der Waals surface area contributed by atoms with Gasteiger partial charge in [-0.25, -0.2) is 4.79 Å². The number of nitrogens with one attached hydrogen (secondary N) is 1. The number of benzene rings is 2. The number of anilines is 3. The first-order valence-corrected chi connectivity index (χ1v) is 7.05. The van der Waals surface area contributed by atoms with E-state index in [1.807, 2.05) is 0 Å². The molecule has 2 aromatic carbocycles. The van der Waals surface area contributed by atoms with Crippen LogP contribution in [0.2, 0.25) is 5.02 Å². The lowest BCUT2D eigenvalue weighted by atomic mass is 10.2. The van der Waals surface area contributed by atoms with Crippen molar-refractivity contribution >= 4 is 34.7 Å². The molecule has 2 amide bonds. The van der Waals surface area contributed by atoms with E-state index in [1.54, 1.807) is 30.3 Å². The molecule has 0 atom stereocenters. The predicted molar refractivity (Wildman–Crippen MR) is 86.8 cm³/mol. The van der Waals surface area contributed by atoms with Gasteiger partial charge in [-0.1, -0.05) is 23.7 Å². The van der Waals surface area contributed by atoms with Crippen LogP contribution >= 0.6 is 11.6 Å². The van der Waals surface area contributed by atoms with Gasteiger partial charge in [0.25, 0.3) is 0 Å². The Balaban J connectivity index is 2.11. The largest absolute Gasteiger partial charge is 0.495 e. The van der Waals surface area contributed by atoms with Gasteiger partial charge in [0.1, 0.15) is 22.9 Å². The average molecular weight is 336 g/mol. The highest BCUT2D eigenvalue weighted by atomic mass is 35.5. The lowest BCUT2D eigenvalue weighted by Crippen LogP contribution is -2.51. The number of fused-ring (bicyclic) bond motifs is 1. The Labute approximate surface area is 137 Å². The van der Waals surface area contributed by atoms with E-state index in [9.17, 15) is 10.0 Å². The third-order valence-electron chi connectivity index (χ3n) is 3.42. The molecule has 3 rings (SSSR count). The minimum absolute atomic E-state index is 0.271. The Morgan fingerprint density at radius 3 is 2.48 bits per heavy atom. The molecule has 0 spiro atoms. The zero-order chi connectivity index (χ0) is 16.6. The molecule has 120 valence electrons. The van der Waals surface area contributed by atoms with Gasteiger partial charge in [-0.05, 0) is 18.2 Å². The number of ether oxygens (including phenoxy) is 2. The second-order valence-corrected chi connectivity index (χ2v) is 5.11. The molecule has 8 heteroatoms. The normalized spacial score (nSPS) is 13.5. The molecule has 0 aromatic heterocycles. The lowest BCUT2D eigenvalue weighted by Gasteiger charge is -2.36. The third kappa shape index (κ3) is 2.49. The van der Waals surface area contributed by atoms with E-state index in [1.165, 1.54) is 20.3 Å². The number of amides is 2. The quantitative estimate of drug-likeness (QED) is 0.897. The molecule has 1 heterocycles. The van der Waals surface area contributed by atoms with E-state index < -0.39 is 6.03 Å². The number of hydrogen-bond acceptors (Lipinski definition) is 5. The molecule has 0 fully saturated rings. The number of carbonyl (C=O) groups is 1. The maximum atomic E-state index is 12.4. The van der Waals surface area contributed by atoms with Crippen molar-refractivity contribution in [2.24, 2.45) is 0 Å². The van der Waals surface area contributed by atoms with Gasteiger partial charge in [0.05, 0.1) is 24.9 Å². The van der Waals surface area contributed by atoms with Crippen LogP contribution in [0, 0.1) is 0 Å².